The molecular weight excluding hydrogens is 154 g/mol. The summed E-state index contributed by atoms with van der Waals surface area (Å²) in [5, 5.41) is 7.66. The summed E-state index contributed by atoms with van der Waals surface area (Å²) >= 11 is 0. The van der Waals surface area contributed by atoms with Crippen LogP contribution in [0.4, 0.5) is 0 Å². The Balaban J connectivity index is 2.49. The molecule has 0 atom stereocenters. The Morgan fingerprint density at radius 1 is 1.50 bits per heavy atom. The molecule has 1 aromatic rings. The number of nitrogens with zero attached hydrogens (tertiary/aromatic N) is 3. The van der Waals surface area contributed by atoms with E-state index in [0.29, 0.717) is 6.61 Å². The zero-order valence-corrected chi connectivity index (χ0v) is 8.03. The van der Waals surface area contributed by atoms with Crippen LogP contribution in [0.1, 0.15) is 26.6 Å². The minimum Gasteiger partial charge on any atom is -0.368 e. The summed E-state index contributed by atoms with van der Waals surface area (Å²) in [7, 11) is 1.90. The second-order valence-corrected chi connectivity index (χ2v) is 3.76. The van der Waals surface area contributed by atoms with Crippen molar-refractivity contribution in [3.63, 3.8) is 0 Å². The Bertz CT molecular complexity index is 249. The summed E-state index contributed by atoms with van der Waals surface area (Å²) in [6, 6.07) is 0. The molecule has 0 aliphatic heterocycles. The van der Waals surface area contributed by atoms with E-state index in [1.807, 2.05) is 32.4 Å². The lowest BCUT2D eigenvalue weighted by Gasteiger charge is -2.18. The Hall–Kier alpha value is -0.900. The molecule has 12 heavy (non-hydrogen) atoms. The molecule has 68 valence electrons. The number of hydrogen-bond donors (Lipinski definition) is 0. The van der Waals surface area contributed by atoms with Gasteiger partial charge in [0.1, 0.15) is 12.9 Å². The molecule has 0 spiro atoms. The van der Waals surface area contributed by atoms with E-state index in [4.69, 9.17) is 4.74 Å². The lowest BCUT2D eigenvalue weighted by molar-refractivity contribution is -0.0191. The Morgan fingerprint density at radius 3 is 2.58 bits per heavy atom. The standard InChI is InChI=1S/C8H15N3O/c1-8(2,3)12-5-7-10-9-6-11(7)4/h6H,5H2,1-4H3. The van der Waals surface area contributed by atoms with Crippen LogP contribution in [0, 0.1) is 0 Å². The molecule has 0 unspecified atom stereocenters. The molecule has 0 bridgehead atoms. The SMILES string of the molecule is Cn1cnnc1COC(C)(C)C. The molecule has 0 amide bonds. The number of aromatic nitrogens is 3. The van der Waals surface area contributed by atoms with Crippen LogP contribution in [0.3, 0.4) is 0 Å². The second-order valence-electron chi connectivity index (χ2n) is 3.76. The minimum absolute atomic E-state index is 0.119. The maximum Gasteiger partial charge on any atom is 0.158 e. The zero-order chi connectivity index (χ0) is 9.19. The van der Waals surface area contributed by atoms with Crippen LogP contribution in [-0.4, -0.2) is 20.4 Å². The molecule has 0 N–H and O–H groups in total. The summed E-state index contributed by atoms with van der Waals surface area (Å²) in [5.41, 5.74) is -0.119. The third-order valence-electron chi connectivity index (χ3n) is 1.44. The molecule has 1 aromatic heterocycles. The fourth-order valence-electron chi connectivity index (χ4n) is 0.719. The molecule has 0 fully saturated rings. The normalized spacial score (nSPS) is 12.0. The van der Waals surface area contributed by atoms with E-state index in [2.05, 4.69) is 10.2 Å². The van der Waals surface area contributed by atoms with Crippen LogP contribution in [-0.2, 0) is 18.4 Å². The zero-order valence-electron chi connectivity index (χ0n) is 8.03. The van der Waals surface area contributed by atoms with Crippen molar-refractivity contribution in [1.82, 2.24) is 14.8 Å². The molecule has 0 saturated heterocycles. The Morgan fingerprint density at radius 2 is 2.17 bits per heavy atom. The number of hydrogen-bond acceptors (Lipinski definition) is 3. The summed E-state index contributed by atoms with van der Waals surface area (Å²) in [6.07, 6.45) is 1.67. The fraction of sp³-hybridized carbons (Fsp3) is 0.750. The van der Waals surface area contributed by atoms with E-state index in [9.17, 15) is 0 Å². The maximum absolute atomic E-state index is 5.53. The van der Waals surface area contributed by atoms with Gasteiger partial charge < -0.3 is 9.30 Å². The van der Waals surface area contributed by atoms with Crippen molar-refractivity contribution < 1.29 is 4.74 Å². The largest absolute Gasteiger partial charge is 0.368 e. The topological polar surface area (TPSA) is 39.9 Å². The molecule has 0 radical (unpaired) electrons. The van der Waals surface area contributed by atoms with Crippen molar-refractivity contribution >= 4 is 0 Å². The number of rotatable bonds is 2. The molecule has 0 aliphatic carbocycles. The van der Waals surface area contributed by atoms with Crippen molar-refractivity contribution in [3.05, 3.63) is 12.2 Å². The number of aryl methyl sites for hydroxylation is 1. The van der Waals surface area contributed by atoms with E-state index in [1.165, 1.54) is 0 Å². The molecular formula is C8H15N3O. The van der Waals surface area contributed by atoms with Gasteiger partial charge in [-0.25, -0.2) is 0 Å². The summed E-state index contributed by atoms with van der Waals surface area (Å²) in [6.45, 7) is 6.57. The van der Waals surface area contributed by atoms with E-state index in [1.54, 1.807) is 6.33 Å². The second kappa shape index (κ2) is 3.23. The number of ether oxygens (including phenoxy) is 1. The van der Waals surface area contributed by atoms with Gasteiger partial charge in [-0.1, -0.05) is 0 Å². The van der Waals surface area contributed by atoms with Gasteiger partial charge in [-0.05, 0) is 20.8 Å². The van der Waals surface area contributed by atoms with Crippen LogP contribution in [0.5, 0.6) is 0 Å². The van der Waals surface area contributed by atoms with Gasteiger partial charge >= 0.3 is 0 Å². The van der Waals surface area contributed by atoms with Gasteiger partial charge in [0.05, 0.1) is 5.60 Å². The summed E-state index contributed by atoms with van der Waals surface area (Å²) in [4.78, 5) is 0. The minimum atomic E-state index is -0.119. The highest BCUT2D eigenvalue weighted by Gasteiger charge is 2.11. The Labute approximate surface area is 72.6 Å². The van der Waals surface area contributed by atoms with Gasteiger partial charge in [-0.15, -0.1) is 10.2 Å². The Kier molecular flexibility index (Phi) is 2.47. The quantitative estimate of drug-likeness (QED) is 0.666. The van der Waals surface area contributed by atoms with Gasteiger partial charge in [0.2, 0.25) is 0 Å². The van der Waals surface area contributed by atoms with Crippen molar-refractivity contribution in [3.8, 4) is 0 Å². The maximum atomic E-state index is 5.53. The average molecular weight is 169 g/mol. The third kappa shape index (κ3) is 2.62. The van der Waals surface area contributed by atoms with Gasteiger partial charge in [0.15, 0.2) is 5.82 Å². The predicted molar refractivity (Wildman–Crippen MR) is 45.5 cm³/mol. The highest BCUT2D eigenvalue weighted by atomic mass is 16.5. The van der Waals surface area contributed by atoms with Crippen molar-refractivity contribution in [2.75, 3.05) is 0 Å². The van der Waals surface area contributed by atoms with Crippen LogP contribution < -0.4 is 0 Å². The van der Waals surface area contributed by atoms with Gasteiger partial charge in [0, 0.05) is 7.05 Å². The van der Waals surface area contributed by atoms with E-state index < -0.39 is 0 Å². The fourth-order valence-corrected chi connectivity index (χ4v) is 0.719. The molecule has 0 saturated carbocycles. The predicted octanol–water partition coefficient (Wildman–Crippen LogP) is 1.13. The van der Waals surface area contributed by atoms with Crippen molar-refractivity contribution in [2.24, 2.45) is 7.05 Å². The van der Waals surface area contributed by atoms with E-state index in [0.717, 1.165) is 5.82 Å². The van der Waals surface area contributed by atoms with E-state index >= 15 is 0 Å². The van der Waals surface area contributed by atoms with Crippen LogP contribution >= 0.6 is 0 Å². The lowest BCUT2D eigenvalue weighted by atomic mass is 10.2. The molecule has 4 heteroatoms. The van der Waals surface area contributed by atoms with Crippen LogP contribution in [0.2, 0.25) is 0 Å². The highest BCUT2D eigenvalue weighted by Crippen LogP contribution is 2.09. The molecule has 0 aromatic carbocycles. The third-order valence-corrected chi connectivity index (χ3v) is 1.44. The monoisotopic (exact) mass is 169 g/mol. The van der Waals surface area contributed by atoms with Crippen LogP contribution in [0.15, 0.2) is 6.33 Å². The van der Waals surface area contributed by atoms with Crippen LogP contribution in [0.25, 0.3) is 0 Å². The summed E-state index contributed by atoms with van der Waals surface area (Å²) < 4.78 is 7.38. The van der Waals surface area contributed by atoms with Gasteiger partial charge in [0.25, 0.3) is 0 Å². The first kappa shape index (κ1) is 9.19. The molecule has 4 nitrogen and oxygen atoms in total. The highest BCUT2D eigenvalue weighted by molar-refractivity contribution is 4.81. The van der Waals surface area contributed by atoms with Gasteiger partial charge in [-0.2, -0.15) is 0 Å². The first-order valence-electron chi connectivity index (χ1n) is 3.96. The van der Waals surface area contributed by atoms with E-state index in [-0.39, 0.29) is 5.60 Å². The van der Waals surface area contributed by atoms with Gasteiger partial charge in [-0.3, -0.25) is 0 Å². The first-order chi connectivity index (χ1) is 5.49. The first-order valence-corrected chi connectivity index (χ1v) is 3.96. The van der Waals surface area contributed by atoms with Crippen molar-refractivity contribution in [1.29, 1.82) is 0 Å². The lowest BCUT2D eigenvalue weighted by Crippen LogP contribution is -2.19. The molecule has 0 aliphatic rings. The van der Waals surface area contributed by atoms with Crippen molar-refractivity contribution in [2.45, 2.75) is 33.0 Å². The average Bonchev–Trinajstić information content (AvgIpc) is 2.29. The molecule has 1 rings (SSSR count). The molecule has 1 heterocycles. The smallest absolute Gasteiger partial charge is 0.158 e. The summed E-state index contributed by atoms with van der Waals surface area (Å²) in [5.74, 6) is 0.852.